The van der Waals surface area contributed by atoms with Crippen molar-refractivity contribution in [3.63, 3.8) is 0 Å². The van der Waals surface area contributed by atoms with Crippen LogP contribution in [0.25, 0.3) is 5.57 Å². The number of allylic oxidation sites excluding steroid dienone is 2. The molecule has 0 bridgehead atoms. The number of rotatable bonds is 7. The zero-order valence-electron chi connectivity index (χ0n) is 21.0. The second kappa shape index (κ2) is 11.7. The number of nitrogens with one attached hydrogen (secondary N) is 1. The van der Waals surface area contributed by atoms with Crippen molar-refractivity contribution in [3.8, 4) is 5.75 Å². The van der Waals surface area contributed by atoms with Gasteiger partial charge in [-0.15, -0.1) is 0 Å². The number of hydrogen-bond acceptors (Lipinski definition) is 4. The summed E-state index contributed by atoms with van der Waals surface area (Å²) < 4.78 is 26.2. The molecule has 1 N–H and O–H groups in total. The van der Waals surface area contributed by atoms with Crippen LogP contribution in [0.4, 0.5) is 9.18 Å². The summed E-state index contributed by atoms with van der Waals surface area (Å²) in [7, 11) is 0. The Hall–Kier alpha value is -2.57. The summed E-state index contributed by atoms with van der Waals surface area (Å²) in [4.78, 5) is 26.1. The third-order valence-electron chi connectivity index (χ3n) is 6.37. The average Bonchev–Trinajstić information content (AvgIpc) is 2.80. The molecule has 3 rings (SSSR count). The van der Waals surface area contributed by atoms with E-state index >= 15 is 0 Å². The van der Waals surface area contributed by atoms with Gasteiger partial charge in [-0.05, 0) is 82.9 Å². The third kappa shape index (κ3) is 7.47. The standard InChI is InChI=1S/C27H39FN2O4/c1-5-14-29-25(31)21-8-6-20(7-9-21)23-11-10-22(17-24(23)28)33-18-19-12-15-30(16-13-19)26(32)34-27(2,3)4/h6,10-11,17,19,21H,5,7-9,12-16,18H2,1-4H3,(H,29,31). The van der Waals surface area contributed by atoms with Gasteiger partial charge in [0, 0.05) is 37.2 Å². The second-order valence-electron chi connectivity index (χ2n) is 10.4. The largest absolute Gasteiger partial charge is 0.493 e. The monoisotopic (exact) mass is 474 g/mol. The molecule has 1 aromatic carbocycles. The summed E-state index contributed by atoms with van der Waals surface area (Å²) in [5.74, 6) is 0.612. The third-order valence-corrected chi connectivity index (χ3v) is 6.37. The molecule has 1 aliphatic heterocycles. The number of nitrogens with zero attached hydrogens (tertiary/aromatic N) is 1. The highest BCUT2D eigenvalue weighted by Gasteiger charge is 2.27. The van der Waals surface area contributed by atoms with Gasteiger partial charge in [0.05, 0.1) is 6.61 Å². The van der Waals surface area contributed by atoms with E-state index in [9.17, 15) is 14.0 Å². The molecule has 2 aliphatic rings. The number of benzene rings is 1. The molecule has 0 spiro atoms. The normalized spacial score (nSPS) is 19.4. The van der Waals surface area contributed by atoms with Crippen LogP contribution in [-0.2, 0) is 9.53 Å². The Balaban J connectivity index is 1.47. The molecule has 1 fully saturated rings. The van der Waals surface area contributed by atoms with Crippen LogP contribution in [-0.4, -0.2) is 48.7 Å². The van der Waals surface area contributed by atoms with Crippen LogP contribution in [0.5, 0.6) is 5.75 Å². The van der Waals surface area contributed by atoms with E-state index in [2.05, 4.69) is 5.32 Å². The first-order chi connectivity index (χ1) is 16.2. The van der Waals surface area contributed by atoms with Gasteiger partial charge in [0.2, 0.25) is 5.91 Å². The first kappa shape index (κ1) is 26.0. The second-order valence-corrected chi connectivity index (χ2v) is 10.4. The molecule has 0 saturated carbocycles. The molecule has 2 amide bonds. The lowest BCUT2D eigenvalue weighted by Crippen LogP contribution is -2.42. The predicted molar refractivity (Wildman–Crippen MR) is 131 cm³/mol. The lowest BCUT2D eigenvalue weighted by molar-refractivity contribution is -0.125. The van der Waals surface area contributed by atoms with E-state index in [1.165, 1.54) is 6.07 Å². The molecular formula is C27H39FN2O4. The quantitative estimate of drug-likeness (QED) is 0.562. The Morgan fingerprint density at radius 1 is 1.18 bits per heavy atom. The van der Waals surface area contributed by atoms with E-state index < -0.39 is 5.60 Å². The number of hydrogen-bond donors (Lipinski definition) is 1. The maximum Gasteiger partial charge on any atom is 0.410 e. The van der Waals surface area contributed by atoms with Crippen molar-refractivity contribution in [1.82, 2.24) is 10.2 Å². The van der Waals surface area contributed by atoms with Crippen molar-refractivity contribution in [1.29, 1.82) is 0 Å². The van der Waals surface area contributed by atoms with Crippen LogP contribution in [0, 0.1) is 17.7 Å². The van der Waals surface area contributed by atoms with Gasteiger partial charge >= 0.3 is 6.09 Å². The molecule has 34 heavy (non-hydrogen) atoms. The highest BCUT2D eigenvalue weighted by atomic mass is 19.1. The molecule has 1 aromatic rings. The molecule has 1 aliphatic carbocycles. The number of carbonyl (C=O) groups is 2. The van der Waals surface area contributed by atoms with Crippen molar-refractivity contribution in [2.45, 2.75) is 71.8 Å². The Labute approximate surface area is 202 Å². The Bertz CT molecular complexity index is 885. The van der Waals surface area contributed by atoms with Gasteiger partial charge in [-0.1, -0.05) is 13.0 Å². The van der Waals surface area contributed by atoms with E-state index in [0.717, 1.165) is 31.3 Å². The van der Waals surface area contributed by atoms with Gasteiger partial charge in [-0.3, -0.25) is 4.79 Å². The highest BCUT2D eigenvalue weighted by Crippen LogP contribution is 2.33. The molecular weight excluding hydrogens is 435 g/mol. The zero-order chi connectivity index (χ0) is 24.7. The van der Waals surface area contributed by atoms with Crippen LogP contribution in [0.15, 0.2) is 24.3 Å². The van der Waals surface area contributed by atoms with Gasteiger partial charge in [0.1, 0.15) is 17.2 Å². The summed E-state index contributed by atoms with van der Waals surface area (Å²) in [5.41, 5.74) is 1.05. The smallest absolute Gasteiger partial charge is 0.410 e. The highest BCUT2D eigenvalue weighted by molar-refractivity contribution is 5.80. The van der Waals surface area contributed by atoms with Crippen molar-refractivity contribution in [2.75, 3.05) is 26.2 Å². The van der Waals surface area contributed by atoms with Gasteiger partial charge in [0.25, 0.3) is 0 Å². The average molecular weight is 475 g/mol. The Kier molecular flexibility index (Phi) is 8.97. The number of piperidine rings is 1. The molecule has 188 valence electrons. The fourth-order valence-electron chi connectivity index (χ4n) is 4.38. The lowest BCUT2D eigenvalue weighted by Gasteiger charge is -2.33. The first-order valence-electron chi connectivity index (χ1n) is 12.5. The van der Waals surface area contributed by atoms with Crippen molar-refractivity contribution < 1.29 is 23.5 Å². The van der Waals surface area contributed by atoms with Crippen LogP contribution < -0.4 is 10.1 Å². The van der Waals surface area contributed by atoms with E-state index in [0.29, 0.717) is 56.3 Å². The van der Waals surface area contributed by atoms with E-state index in [4.69, 9.17) is 9.47 Å². The van der Waals surface area contributed by atoms with E-state index in [1.54, 1.807) is 11.0 Å². The fraction of sp³-hybridized carbons (Fsp3) is 0.630. The molecule has 1 heterocycles. The minimum atomic E-state index is -0.494. The van der Waals surface area contributed by atoms with Crippen LogP contribution in [0.1, 0.15) is 71.8 Å². The number of ether oxygens (including phenoxy) is 2. The summed E-state index contributed by atoms with van der Waals surface area (Å²) in [5, 5.41) is 2.95. The van der Waals surface area contributed by atoms with Gasteiger partial charge < -0.3 is 19.7 Å². The van der Waals surface area contributed by atoms with Crippen LogP contribution >= 0.6 is 0 Å². The van der Waals surface area contributed by atoms with E-state index in [1.807, 2.05) is 39.8 Å². The first-order valence-corrected chi connectivity index (χ1v) is 12.5. The maximum atomic E-state index is 14.8. The molecule has 1 saturated heterocycles. The summed E-state index contributed by atoms with van der Waals surface area (Å²) in [6.45, 7) is 10.1. The molecule has 0 aromatic heterocycles. The fourth-order valence-corrected chi connectivity index (χ4v) is 4.38. The number of likely N-dealkylation sites (tertiary alicyclic amines) is 1. The topological polar surface area (TPSA) is 67.9 Å². The van der Waals surface area contributed by atoms with E-state index in [-0.39, 0.29) is 23.7 Å². The number of carbonyl (C=O) groups excluding carboxylic acids is 2. The minimum absolute atomic E-state index is 0.0253. The Morgan fingerprint density at radius 3 is 2.50 bits per heavy atom. The molecule has 7 heteroatoms. The summed E-state index contributed by atoms with van der Waals surface area (Å²) >= 11 is 0. The summed E-state index contributed by atoms with van der Waals surface area (Å²) in [6, 6.07) is 5.04. The van der Waals surface area contributed by atoms with Crippen molar-refractivity contribution in [2.24, 2.45) is 11.8 Å². The SMILES string of the molecule is CCCNC(=O)C1CC=C(c2ccc(OCC3CCN(C(=O)OC(C)(C)C)CC3)cc2F)CC1. The summed E-state index contributed by atoms with van der Waals surface area (Å²) in [6.07, 6.45) is 6.39. The minimum Gasteiger partial charge on any atom is -0.493 e. The zero-order valence-corrected chi connectivity index (χ0v) is 21.0. The molecule has 1 atom stereocenters. The van der Waals surface area contributed by atoms with Crippen molar-refractivity contribution >= 4 is 17.6 Å². The number of amides is 2. The number of halogens is 1. The maximum absolute atomic E-state index is 14.8. The molecule has 1 unspecified atom stereocenters. The van der Waals surface area contributed by atoms with Gasteiger partial charge in [-0.25, -0.2) is 9.18 Å². The van der Waals surface area contributed by atoms with Gasteiger partial charge in [-0.2, -0.15) is 0 Å². The molecule has 6 nitrogen and oxygen atoms in total. The van der Waals surface area contributed by atoms with Crippen LogP contribution in [0.2, 0.25) is 0 Å². The Morgan fingerprint density at radius 2 is 1.91 bits per heavy atom. The predicted octanol–water partition coefficient (Wildman–Crippen LogP) is 5.56. The van der Waals surface area contributed by atoms with Gasteiger partial charge in [0.15, 0.2) is 0 Å². The lowest BCUT2D eigenvalue weighted by atomic mass is 9.86. The van der Waals surface area contributed by atoms with Crippen LogP contribution in [0.3, 0.4) is 0 Å². The van der Waals surface area contributed by atoms with Crippen molar-refractivity contribution in [3.05, 3.63) is 35.7 Å². The molecule has 0 radical (unpaired) electrons.